The summed E-state index contributed by atoms with van der Waals surface area (Å²) in [6.07, 6.45) is 9.49. The van der Waals surface area contributed by atoms with Gasteiger partial charge in [-0.05, 0) is 127 Å². The summed E-state index contributed by atoms with van der Waals surface area (Å²) >= 11 is 20.0. The third-order valence-corrected chi connectivity index (χ3v) is 33.1. The number of anilines is 3. The number of aliphatic hydroxyl groups is 5. The molecule has 0 radical (unpaired) electrons. The van der Waals surface area contributed by atoms with Gasteiger partial charge in [-0.1, -0.05) is 52.4 Å². The van der Waals surface area contributed by atoms with Gasteiger partial charge >= 0.3 is 46.1 Å². The first-order valence-electron chi connectivity index (χ1n) is 40.0. The number of ether oxygens (including phenoxy) is 6. The summed E-state index contributed by atoms with van der Waals surface area (Å²) in [5.41, 5.74) is 2.23. The van der Waals surface area contributed by atoms with Crippen molar-refractivity contribution in [1.29, 1.82) is 0 Å². The Balaban J connectivity index is 0.000000203. The predicted octanol–water partition coefficient (Wildman–Crippen LogP) is 9.02. The normalized spacial score (nSPS) is 26.7. The van der Waals surface area contributed by atoms with Gasteiger partial charge in [0.05, 0.1) is 38.3 Å². The van der Waals surface area contributed by atoms with Crippen LogP contribution in [0.15, 0.2) is 19.0 Å². The predicted molar refractivity (Wildman–Crippen MR) is 446 cm³/mol. The van der Waals surface area contributed by atoms with Crippen LogP contribution in [0.5, 0.6) is 0 Å². The molecule has 6 saturated heterocycles. The SMILES string of the molecule is CC[C@H]1O[C@@H](n2cnc3c(NC4CCCC4)nc(C=O)nc32)[C@@H](F)[C@@H]1C.COP(=O)(OC)OC.O=P(Cl)(Cl)CP(=O)(Cl)Cl.O=P(O)(O)CP(=O)(O)OCC1O[C@@H](n2cnc3c(NC4CCCC4)nc(C(O)C4CCOCC4)nc32)[C@@H](F)[C@@H]1O.OC[C@H]1O[C@@H](n2cnc3c(NC4CCCC4)nc(C(O)C4CCOCC4)nc32)[C@@H](F)[C@@H]1O.[Br-].[CH-]1CCOCC1.[Mg+2]. The maximum Gasteiger partial charge on any atom is 2.00 e. The number of carbonyl (C=O) groups is 1. The van der Waals surface area contributed by atoms with Gasteiger partial charge < -0.3 is 113 Å². The Morgan fingerprint density at radius 3 is 1.24 bits per heavy atom. The van der Waals surface area contributed by atoms with Crippen molar-refractivity contribution in [3.05, 3.63) is 42.9 Å². The average molecular weight is 2000 g/mol. The second-order valence-electron chi connectivity index (χ2n) is 30.5. The van der Waals surface area contributed by atoms with E-state index in [1.54, 1.807) is 4.57 Å². The molecule has 0 spiro atoms. The maximum atomic E-state index is 15.3. The summed E-state index contributed by atoms with van der Waals surface area (Å²) < 4.78 is 155. The van der Waals surface area contributed by atoms with E-state index in [0.717, 1.165) is 96.7 Å². The van der Waals surface area contributed by atoms with Gasteiger partial charge in [-0.2, -0.15) is 12.8 Å². The summed E-state index contributed by atoms with van der Waals surface area (Å²) in [5.74, 6) is -7.19. The molecule has 6 aromatic heterocycles. The van der Waals surface area contributed by atoms with E-state index in [4.69, 9.17) is 87.7 Å². The number of rotatable bonds is 26. The van der Waals surface area contributed by atoms with Crippen molar-refractivity contribution in [2.24, 2.45) is 17.8 Å². The van der Waals surface area contributed by atoms with Gasteiger partial charge in [0.25, 0.3) is 11.7 Å². The van der Waals surface area contributed by atoms with Crippen LogP contribution in [0, 0.1) is 24.2 Å². The molecule has 123 heavy (non-hydrogen) atoms. The fourth-order valence-corrected chi connectivity index (χ4v) is 27.3. The second kappa shape index (κ2) is 48.7. The van der Waals surface area contributed by atoms with Gasteiger partial charge in [0, 0.05) is 85.0 Å². The first kappa shape index (κ1) is 106. The molecule has 9 aliphatic rings. The molecular weight excluding hydrogens is 1890 g/mol. The number of carbonyl (C=O) groups excluding carboxylic acids is 1. The quantitative estimate of drug-likeness (QED) is 0.0104. The van der Waals surface area contributed by atoms with E-state index in [1.807, 2.05) is 13.8 Å². The summed E-state index contributed by atoms with van der Waals surface area (Å²) in [4.78, 5) is 79.1. The van der Waals surface area contributed by atoms with Crippen LogP contribution < -0.4 is 32.9 Å². The summed E-state index contributed by atoms with van der Waals surface area (Å²) in [7, 11) is -9.00. The molecule has 4 unspecified atom stereocenters. The topological polar surface area (TPSA) is 523 Å². The molecule has 15 rings (SSSR count). The minimum atomic E-state index is -4.87. The smallest absolute Gasteiger partial charge is 1.00 e. The molecule has 9 fully saturated rings. The molecule has 3 saturated carbocycles. The molecule has 0 aromatic carbocycles. The molecule has 12 heterocycles. The molecule has 11 N–H and O–H groups in total. The Kier molecular flexibility index (Phi) is 41.8. The summed E-state index contributed by atoms with van der Waals surface area (Å²) in [5, 5.41) is 62.3. The van der Waals surface area contributed by atoms with E-state index in [1.165, 1.54) is 62.3 Å². The zero-order valence-electron chi connectivity index (χ0n) is 68.3. The van der Waals surface area contributed by atoms with Gasteiger partial charge in [-0.3, -0.25) is 50.3 Å². The van der Waals surface area contributed by atoms with Gasteiger partial charge in [-0.15, -0.1) is 0 Å². The molecular formula is C70H108BrCl4F3MgN15O24P5. The van der Waals surface area contributed by atoms with Crippen molar-refractivity contribution in [3.8, 4) is 0 Å². The number of hydrogen-bond acceptors (Lipinski definition) is 33. The van der Waals surface area contributed by atoms with E-state index in [0.29, 0.717) is 110 Å². The minimum Gasteiger partial charge on any atom is -1.00 e. The van der Waals surface area contributed by atoms with Crippen molar-refractivity contribution >= 4 is 160 Å². The molecule has 15 atom stereocenters. The number of nitrogens with one attached hydrogen (secondary N) is 3. The van der Waals surface area contributed by atoms with E-state index >= 15 is 4.39 Å². The fraction of sp³-hybridized carbons (Fsp3) is 0.757. The molecule has 39 nitrogen and oxygen atoms in total. The van der Waals surface area contributed by atoms with E-state index in [2.05, 4.69) is 80.8 Å². The number of phosphoric acid groups is 1. The van der Waals surface area contributed by atoms with Gasteiger partial charge in [-0.25, -0.2) is 62.6 Å². The van der Waals surface area contributed by atoms with E-state index < -0.39 is 134 Å². The first-order valence-corrected chi connectivity index (χ1v) is 52.4. The van der Waals surface area contributed by atoms with Crippen LogP contribution in [0.3, 0.4) is 0 Å². The Morgan fingerprint density at radius 2 is 0.919 bits per heavy atom. The van der Waals surface area contributed by atoms with Crippen molar-refractivity contribution in [1.82, 2.24) is 58.6 Å². The Morgan fingerprint density at radius 1 is 0.553 bits per heavy atom. The maximum absolute atomic E-state index is 15.3. The number of fused-ring (bicyclic) bond motifs is 3. The Labute approximate surface area is 754 Å². The molecule has 3 aliphatic carbocycles. The number of nitrogens with zero attached hydrogens (tertiary/aromatic N) is 12. The Hall–Kier alpha value is -2.65. The fourth-order valence-electron chi connectivity index (χ4n) is 15.4. The number of aldehydes is 1. The average Bonchev–Trinajstić information content (AvgIpc) is 1.62. The number of aliphatic hydroxyl groups excluding tert-OH is 5. The van der Waals surface area contributed by atoms with Crippen molar-refractivity contribution in [2.75, 3.05) is 102 Å². The van der Waals surface area contributed by atoms with Crippen LogP contribution in [0.2, 0.25) is 0 Å². The third-order valence-electron chi connectivity index (χ3n) is 21.9. The zero-order chi connectivity index (χ0) is 87.7. The van der Waals surface area contributed by atoms with Crippen LogP contribution >= 0.6 is 79.7 Å². The van der Waals surface area contributed by atoms with Crippen molar-refractivity contribution in [3.63, 3.8) is 0 Å². The number of hydrogen-bond donors (Lipinski definition) is 11. The molecule has 0 bridgehead atoms. The van der Waals surface area contributed by atoms with Gasteiger partial charge in [0.15, 0.2) is 118 Å². The van der Waals surface area contributed by atoms with Crippen LogP contribution in [0.25, 0.3) is 33.5 Å². The monoisotopic (exact) mass is 2000 g/mol. The zero-order valence-corrected chi connectivity index (χ0v) is 78.8. The molecule has 53 heteroatoms. The van der Waals surface area contributed by atoms with E-state index in [-0.39, 0.29) is 99.1 Å². The summed E-state index contributed by atoms with van der Waals surface area (Å²) in [6, 6.07) is 0.723. The molecule has 0 amide bonds. The Bertz CT molecular complexity index is 4530. The van der Waals surface area contributed by atoms with Crippen molar-refractivity contribution < 1.29 is 145 Å². The largest absolute Gasteiger partial charge is 2.00 e. The van der Waals surface area contributed by atoms with Crippen LogP contribution in [-0.2, 0) is 69.3 Å². The number of phosphoric ester groups is 1. The minimum absolute atomic E-state index is 0. The van der Waals surface area contributed by atoms with Gasteiger partial charge in [0.1, 0.15) is 42.5 Å². The number of halogens is 8. The van der Waals surface area contributed by atoms with E-state index in [9.17, 15) is 66.8 Å². The standard InChI is InChI=1S/C22H34FN5O10P2.C21H30FN5O5.C18H24FN5O2.C5H9O.C3H9O4P.CH2Cl4O2P2.BrH.Mg/c23-15-18(30)14(9-37-40(34,35)11-39(31,32)33)38-22(15)28-10-24-16-19(25-13-3-1-2-4-13)26-20(27-21(16)28)17(29)12-5-7-36-8-6-12;22-14-17(30)13(9-28)32-21(14)27-10-23-15-18(24-12-3-1-2-4-12)25-19(26-20(15)27)16(29)11-5-7-31-8-6-11;1-3-12-10(2)14(19)18(26-12)24-9-20-15-16(21-11-6-4-5-7-11)22-13(8-25)23-17(15)24;1-2-4-6-5-3-1;1-5-8(4,6-2)7-3;2-8(3,6)1-9(4,5)7;;/h10,12-15,17-18,22,29-30H,1-9,11H2,(H,34,35)(H,25,26,27)(H2,31,32,33);10-14,16-17,21,28-30H,1-9H2,(H,24,25,26);8-12,14,18H,3-7H2,1-2H3,(H,21,22,23);1H,2-5H2;1-3H3;1H2;1H;/q;;;-1;;;;+2/p-1/t14?,15-,17?,18+,22+;13-,14+,16?,17-,21-;10-,12-,14+,18-;;;;;/m011...../s1. The number of aromatic nitrogens is 12. The van der Waals surface area contributed by atoms with Crippen molar-refractivity contribution in [2.45, 2.75) is 234 Å². The number of alkyl halides is 3. The molecule has 690 valence electrons. The second-order valence-corrected chi connectivity index (χ2v) is 47.5. The molecule has 6 aliphatic heterocycles. The van der Waals surface area contributed by atoms with Crippen LogP contribution in [0.4, 0.5) is 30.6 Å². The van der Waals surface area contributed by atoms with Gasteiger partial charge in [0.2, 0.25) is 0 Å². The number of imidazole rings is 3. The van der Waals surface area contributed by atoms with Crippen LogP contribution in [0.1, 0.15) is 189 Å². The third kappa shape index (κ3) is 29.4. The first-order chi connectivity index (χ1) is 57.5. The van der Waals surface area contributed by atoms with Crippen LogP contribution in [-0.4, -0.2) is 281 Å². The molecule has 6 aromatic rings. The summed E-state index contributed by atoms with van der Waals surface area (Å²) in [6.45, 7) is 6.60.